The van der Waals surface area contributed by atoms with E-state index in [1.807, 2.05) is 20.8 Å². The average molecular weight is 159 g/mol. The molecule has 0 aromatic carbocycles. The second kappa shape index (κ2) is 4.34. The summed E-state index contributed by atoms with van der Waals surface area (Å²) in [6, 6.07) is 0. The van der Waals surface area contributed by atoms with Crippen LogP contribution in [0.3, 0.4) is 0 Å². The van der Waals surface area contributed by atoms with E-state index < -0.39 is 11.5 Å². The minimum Gasteiger partial charge on any atom is -0.480 e. The van der Waals surface area contributed by atoms with Gasteiger partial charge in [-0.2, -0.15) is 0 Å². The fraction of sp³-hybridized carbons (Fsp3) is 0.875. The first kappa shape index (κ1) is 10.4. The largest absolute Gasteiger partial charge is 0.480 e. The normalized spacial score (nSPS) is 18.1. The summed E-state index contributed by atoms with van der Waals surface area (Å²) >= 11 is 0. The van der Waals surface area contributed by atoms with Gasteiger partial charge < -0.3 is 10.4 Å². The summed E-state index contributed by atoms with van der Waals surface area (Å²) in [6.45, 7) is 6.66. The predicted octanol–water partition coefficient (Wildman–Crippen LogP) is 1.24. The Labute approximate surface area is 67.8 Å². The first-order valence-electron chi connectivity index (χ1n) is 4.20. The molecule has 0 saturated heterocycles. The monoisotopic (exact) mass is 159 g/mol. The summed E-state index contributed by atoms with van der Waals surface area (Å²) in [5.41, 5.74) is -0.533. The van der Waals surface area contributed by atoms with Gasteiger partial charge in [-0.15, -0.1) is 0 Å². The van der Waals surface area contributed by atoms with E-state index >= 15 is 0 Å². The lowest BCUT2D eigenvalue weighted by atomic mass is 10.3. The molecule has 66 valence electrons. The van der Waals surface area contributed by atoms with Crippen LogP contribution in [0.4, 0.5) is 0 Å². The van der Waals surface area contributed by atoms with Crippen molar-refractivity contribution in [1.29, 1.82) is 0 Å². The summed E-state index contributed by atoms with van der Waals surface area (Å²) in [5.74, 6) is -0.704. The van der Waals surface area contributed by atoms with Crippen LogP contribution in [0.15, 0.2) is 0 Å². The zero-order valence-corrected chi connectivity index (χ0v) is 7.48. The topological polar surface area (TPSA) is 49.3 Å². The van der Waals surface area contributed by atoms with Crippen LogP contribution in [0.2, 0.25) is 0 Å². The first-order chi connectivity index (χ1) is 5.21. The molecule has 1 rings (SSSR count). The Morgan fingerprint density at radius 3 is 2.09 bits per heavy atom. The molecular formula is C8H17NO2. The molecule has 0 aromatic heterocycles. The Kier molecular flexibility index (Phi) is 4.11. The molecule has 3 heteroatoms. The molecule has 2 N–H and O–H groups in total. The molecule has 0 bridgehead atoms. The standard InChI is InChI=1S/C6H11NO2.C2H6/c1-2-7-6(3-4-6)5(8)9;1-2/h7H,2-4H2,1H3,(H,8,9);1-2H3. The number of carboxylic acid groups (broad SMARTS) is 1. The zero-order chi connectivity index (χ0) is 8.91. The van der Waals surface area contributed by atoms with E-state index in [0.717, 1.165) is 19.4 Å². The molecule has 11 heavy (non-hydrogen) atoms. The van der Waals surface area contributed by atoms with E-state index in [2.05, 4.69) is 5.32 Å². The van der Waals surface area contributed by atoms with Crippen molar-refractivity contribution < 1.29 is 9.90 Å². The lowest BCUT2D eigenvalue weighted by Crippen LogP contribution is -2.38. The van der Waals surface area contributed by atoms with Gasteiger partial charge in [-0.05, 0) is 19.4 Å². The van der Waals surface area contributed by atoms with Crippen molar-refractivity contribution in [1.82, 2.24) is 5.32 Å². The summed E-state index contributed by atoms with van der Waals surface area (Å²) in [4.78, 5) is 10.4. The van der Waals surface area contributed by atoms with Gasteiger partial charge in [0.05, 0.1) is 0 Å². The SMILES string of the molecule is CC.CCNC1(C(=O)O)CC1. The lowest BCUT2D eigenvalue weighted by Gasteiger charge is -2.08. The molecule has 1 fully saturated rings. The van der Waals surface area contributed by atoms with Crippen LogP contribution in [0.5, 0.6) is 0 Å². The van der Waals surface area contributed by atoms with Gasteiger partial charge in [-0.3, -0.25) is 4.79 Å². The molecule has 3 nitrogen and oxygen atoms in total. The van der Waals surface area contributed by atoms with E-state index in [4.69, 9.17) is 5.11 Å². The zero-order valence-electron chi connectivity index (χ0n) is 7.48. The minimum atomic E-state index is -0.704. The molecule has 1 saturated carbocycles. The Morgan fingerprint density at radius 1 is 1.55 bits per heavy atom. The molecule has 0 heterocycles. The maximum absolute atomic E-state index is 10.4. The smallest absolute Gasteiger partial charge is 0.323 e. The van der Waals surface area contributed by atoms with Gasteiger partial charge in [0.25, 0.3) is 0 Å². The fourth-order valence-corrected chi connectivity index (χ4v) is 0.930. The summed E-state index contributed by atoms with van der Waals surface area (Å²) in [7, 11) is 0. The highest BCUT2D eigenvalue weighted by atomic mass is 16.4. The van der Waals surface area contributed by atoms with Crippen LogP contribution in [0, 0.1) is 0 Å². The first-order valence-corrected chi connectivity index (χ1v) is 4.20. The van der Waals surface area contributed by atoms with Crippen LogP contribution >= 0.6 is 0 Å². The van der Waals surface area contributed by atoms with E-state index in [1.165, 1.54) is 0 Å². The molecule has 1 aliphatic rings. The van der Waals surface area contributed by atoms with E-state index in [9.17, 15) is 4.79 Å². The van der Waals surface area contributed by atoms with Gasteiger partial charge in [0.1, 0.15) is 5.54 Å². The third kappa shape index (κ3) is 2.50. The molecule has 0 radical (unpaired) electrons. The Morgan fingerprint density at radius 2 is 2.00 bits per heavy atom. The van der Waals surface area contributed by atoms with Crippen molar-refractivity contribution in [2.75, 3.05) is 6.54 Å². The van der Waals surface area contributed by atoms with Crippen molar-refractivity contribution in [3.63, 3.8) is 0 Å². The van der Waals surface area contributed by atoms with Crippen molar-refractivity contribution in [3.8, 4) is 0 Å². The summed E-state index contributed by atoms with van der Waals surface area (Å²) in [6.07, 6.45) is 1.58. The number of hydrogen-bond donors (Lipinski definition) is 2. The number of aliphatic carboxylic acids is 1. The summed E-state index contributed by atoms with van der Waals surface area (Å²) in [5, 5.41) is 11.5. The highest BCUT2D eigenvalue weighted by Gasteiger charge is 2.49. The van der Waals surface area contributed by atoms with Crippen LogP contribution in [0.1, 0.15) is 33.6 Å². The Balaban J connectivity index is 0.000000461. The predicted molar refractivity (Wildman–Crippen MR) is 44.6 cm³/mol. The molecule has 1 aliphatic carbocycles. The van der Waals surface area contributed by atoms with Gasteiger partial charge in [0, 0.05) is 0 Å². The molecule has 0 spiro atoms. The van der Waals surface area contributed by atoms with Crippen LogP contribution < -0.4 is 5.32 Å². The Hall–Kier alpha value is -0.570. The average Bonchev–Trinajstić information content (AvgIpc) is 2.75. The van der Waals surface area contributed by atoms with Crippen molar-refractivity contribution in [3.05, 3.63) is 0 Å². The number of carboxylic acids is 1. The molecule has 0 unspecified atom stereocenters. The molecule has 0 atom stereocenters. The second-order valence-corrected chi connectivity index (χ2v) is 2.42. The molecule has 0 aromatic rings. The van der Waals surface area contributed by atoms with Crippen LogP contribution in [-0.2, 0) is 4.79 Å². The number of carbonyl (C=O) groups is 1. The highest BCUT2D eigenvalue weighted by molar-refractivity contribution is 5.82. The maximum atomic E-state index is 10.4. The van der Waals surface area contributed by atoms with Gasteiger partial charge in [-0.1, -0.05) is 20.8 Å². The van der Waals surface area contributed by atoms with Gasteiger partial charge >= 0.3 is 5.97 Å². The number of rotatable bonds is 3. The van der Waals surface area contributed by atoms with E-state index in [1.54, 1.807) is 0 Å². The lowest BCUT2D eigenvalue weighted by molar-refractivity contribution is -0.140. The van der Waals surface area contributed by atoms with Gasteiger partial charge in [-0.25, -0.2) is 0 Å². The molecule has 0 amide bonds. The quantitative estimate of drug-likeness (QED) is 0.651. The maximum Gasteiger partial charge on any atom is 0.323 e. The highest BCUT2D eigenvalue weighted by Crippen LogP contribution is 2.35. The number of nitrogens with one attached hydrogen (secondary N) is 1. The van der Waals surface area contributed by atoms with Gasteiger partial charge in [0.2, 0.25) is 0 Å². The van der Waals surface area contributed by atoms with Gasteiger partial charge in [0.15, 0.2) is 0 Å². The second-order valence-electron chi connectivity index (χ2n) is 2.42. The third-order valence-corrected chi connectivity index (χ3v) is 1.67. The van der Waals surface area contributed by atoms with Crippen molar-refractivity contribution in [2.24, 2.45) is 0 Å². The van der Waals surface area contributed by atoms with Crippen molar-refractivity contribution in [2.45, 2.75) is 39.2 Å². The van der Waals surface area contributed by atoms with E-state index in [0.29, 0.717) is 0 Å². The van der Waals surface area contributed by atoms with Crippen LogP contribution in [0.25, 0.3) is 0 Å². The molecule has 0 aliphatic heterocycles. The third-order valence-electron chi connectivity index (χ3n) is 1.67. The molecular weight excluding hydrogens is 142 g/mol. The number of hydrogen-bond acceptors (Lipinski definition) is 2. The fourth-order valence-electron chi connectivity index (χ4n) is 0.930. The van der Waals surface area contributed by atoms with E-state index in [-0.39, 0.29) is 0 Å². The number of likely N-dealkylation sites (N-methyl/N-ethyl adjacent to an activating group) is 1. The minimum absolute atomic E-state index is 0.533. The van der Waals surface area contributed by atoms with Crippen LogP contribution in [-0.4, -0.2) is 23.2 Å². The summed E-state index contributed by atoms with van der Waals surface area (Å²) < 4.78 is 0. The van der Waals surface area contributed by atoms with Crippen molar-refractivity contribution >= 4 is 5.97 Å². The Bertz CT molecular complexity index is 130.